The number of hydrogen-bond acceptors (Lipinski definition) is 3. The summed E-state index contributed by atoms with van der Waals surface area (Å²) in [5.41, 5.74) is 8.21. The number of nitrogens with zero attached hydrogens (tertiary/aromatic N) is 2. The van der Waals surface area contributed by atoms with Crippen molar-refractivity contribution < 1.29 is 9.90 Å². The Balaban J connectivity index is 2.09. The Labute approximate surface area is 111 Å². The summed E-state index contributed by atoms with van der Waals surface area (Å²) in [6, 6.07) is 6.25. The Kier molecular flexibility index (Phi) is 2.78. The molecule has 0 bridgehead atoms. The van der Waals surface area contributed by atoms with Crippen LogP contribution in [0.25, 0.3) is 11.0 Å². The standard InChI is InChI=1S/C14H17N3O2/c1-8-16-12-6-9(11(7-15)14(18)19)2-5-13(12)17(8)10-3-4-10/h2,5-6,10-11H,3-4,7,15H2,1H3,(H,18,19). The molecule has 1 unspecified atom stereocenters. The molecule has 0 saturated heterocycles. The van der Waals surface area contributed by atoms with Gasteiger partial charge in [0.25, 0.3) is 0 Å². The van der Waals surface area contributed by atoms with Crippen LogP contribution in [-0.2, 0) is 4.79 Å². The zero-order valence-corrected chi connectivity index (χ0v) is 10.8. The molecule has 5 nitrogen and oxygen atoms in total. The number of carbonyl (C=O) groups is 1. The largest absolute Gasteiger partial charge is 0.481 e. The summed E-state index contributed by atoms with van der Waals surface area (Å²) < 4.78 is 2.25. The second-order valence-electron chi connectivity index (χ2n) is 5.13. The van der Waals surface area contributed by atoms with Gasteiger partial charge in [-0.3, -0.25) is 4.79 Å². The first-order valence-electron chi connectivity index (χ1n) is 6.53. The van der Waals surface area contributed by atoms with E-state index < -0.39 is 11.9 Å². The van der Waals surface area contributed by atoms with Crippen molar-refractivity contribution >= 4 is 17.0 Å². The van der Waals surface area contributed by atoms with Crippen molar-refractivity contribution in [1.82, 2.24) is 9.55 Å². The highest BCUT2D eigenvalue weighted by atomic mass is 16.4. The second kappa shape index (κ2) is 4.35. The van der Waals surface area contributed by atoms with Gasteiger partial charge in [0.1, 0.15) is 5.82 Å². The Hall–Kier alpha value is -1.88. The lowest BCUT2D eigenvalue weighted by atomic mass is 9.99. The number of imidazole rings is 1. The van der Waals surface area contributed by atoms with Crippen LogP contribution >= 0.6 is 0 Å². The number of carboxylic acids is 1. The quantitative estimate of drug-likeness (QED) is 0.877. The zero-order valence-electron chi connectivity index (χ0n) is 10.8. The van der Waals surface area contributed by atoms with Crippen molar-refractivity contribution in [2.45, 2.75) is 31.7 Å². The second-order valence-corrected chi connectivity index (χ2v) is 5.13. The van der Waals surface area contributed by atoms with Gasteiger partial charge in [0, 0.05) is 12.6 Å². The molecule has 5 heteroatoms. The van der Waals surface area contributed by atoms with Gasteiger partial charge in [-0.15, -0.1) is 0 Å². The molecule has 0 spiro atoms. The van der Waals surface area contributed by atoms with E-state index in [1.165, 1.54) is 12.8 Å². The fourth-order valence-corrected chi connectivity index (χ4v) is 2.63. The number of fused-ring (bicyclic) bond motifs is 1. The van der Waals surface area contributed by atoms with Gasteiger partial charge in [-0.25, -0.2) is 4.98 Å². The molecule has 1 aliphatic carbocycles. The highest BCUT2D eigenvalue weighted by molar-refractivity contribution is 5.82. The number of aliphatic carboxylic acids is 1. The van der Waals surface area contributed by atoms with Crippen molar-refractivity contribution in [2.24, 2.45) is 5.73 Å². The molecule has 2 aromatic rings. The van der Waals surface area contributed by atoms with Gasteiger partial charge in [-0.05, 0) is 37.5 Å². The maximum Gasteiger partial charge on any atom is 0.312 e. The third kappa shape index (κ3) is 2.00. The minimum absolute atomic E-state index is 0.100. The SMILES string of the molecule is Cc1nc2cc(C(CN)C(=O)O)ccc2n1C1CC1. The maximum atomic E-state index is 11.2. The van der Waals surface area contributed by atoms with Crippen LogP contribution in [-0.4, -0.2) is 27.2 Å². The highest BCUT2D eigenvalue weighted by Crippen LogP contribution is 2.38. The van der Waals surface area contributed by atoms with Crippen molar-refractivity contribution in [3.63, 3.8) is 0 Å². The maximum absolute atomic E-state index is 11.2. The molecule has 1 saturated carbocycles. The lowest BCUT2D eigenvalue weighted by Gasteiger charge is -2.10. The number of aromatic nitrogens is 2. The lowest BCUT2D eigenvalue weighted by Crippen LogP contribution is -2.21. The first kappa shape index (κ1) is 12.2. The third-order valence-corrected chi connectivity index (χ3v) is 3.74. The van der Waals surface area contributed by atoms with E-state index in [0.29, 0.717) is 6.04 Å². The first-order chi connectivity index (χ1) is 9.11. The van der Waals surface area contributed by atoms with Gasteiger partial charge in [0.2, 0.25) is 0 Å². The average molecular weight is 259 g/mol. The first-order valence-corrected chi connectivity index (χ1v) is 6.53. The number of rotatable bonds is 4. The number of hydrogen-bond donors (Lipinski definition) is 2. The Morgan fingerprint density at radius 3 is 2.89 bits per heavy atom. The van der Waals surface area contributed by atoms with Gasteiger partial charge in [-0.1, -0.05) is 6.07 Å². The summed E-state index contributed by atoms with van der Waals surface area (Å²) in [5, 5.41) is 9.15. The fraction of sp³-hybridized carbons (Fsp3) is 0.429. The highest BCUT2D eigenvalue weighted by Gasteiger charge is 2.27. The van der Waals surface area contributed by atoms with Crippen LogP contribution in [0.4, 0.5) is 0 Å². The molecule has 0 radical (unpaired) electrons. The van der Waals surface area contributed by atoms with Gasteiger partial charge < -0.3 is 15.4 Å². The third-order valence-electron chi connectivity index (χ3n) is 3.74. The molecule has 1 aliphatic rings. The summed E-state index contributed by atoms with van der Waals surface area (Å²) in [6.45, 7) is 2.10. The van der Waals surface area contributed by atoms with E-state index in [9.17, 15) is 4.79 Å². The number of benzene rings is 1. The predicted molar refractivity (Wildman–Crippen MR) is 72.2 cm³/mol. The van der Waals surface area contributed by atoms with E-state index in [2.05, 4.69) is 9.55 Å². The fourth-order valence-electron chi connectivity index (χ4n) is 2.63. The van der Waals surface area contributed by atoms with Crippen LogP contribution in [0, 0.1) is 6.92 Å². The molecule has 0 aliphatic heterocycles. The van der Waals surface area contributed by atoms with Gasteiger partial charge in [-0.2, -0.15) is 0 Å². The molecule has 1 fully saturated rings. The van der Waals surface area contributed by atoms with Crippen molar-refractivity contribution in [3.8, 4) is 0 Å². The summed E-state index contributed by atoms with van der Waals surface area (Å²) in [4.78, 5) is 15.7. The molecule has 100 valence electrons. The lowest BCUT2D eigenvalue weighted by molar-refractivity contribution is -0.138. The van der Waals surface area contributed by atoms with E-state index >= 15 is 0 Å². The van der Waals surface area contributed by atoms with E-state index in [1.54, 1.807) is 0 Å². The molecule has 1 heterocycles. The topological polar surface area (TPSA) is 81.1 Å². The van der Waals surface area contributed by atoms with Crippen LogP contribution in [0.1, 0.15) is 36.2 Å². The normalized spacial score (nSPS) is 16.7. The predicted octanol–water partition coefficient (Wildman–Crippen LogP) is 1.81. The van der Waals surface area contributed by atoms with Gasteiger partial charge in [0.05, 0.1) is 17.0 Å². The number of carboxylic acid groups (broad SMARTS) is 1. The molecule has 1 aromatic heterocycles. The molecular formula is C14H17N3O2. The molecule has 3 N–H and O–H groups in total. The monoisotopic (exact) mass is 259 g/mol. The summed E-state index contributed by atoms with van der Waals surface area (Å²) in [5.74, 6) is -0.551. The van der Waals surface area contributed by atoms with Crippen LogP contribution in [0.3, 0.4) is 0 Å². The van der Waals surface area contributed by atoms with Crippen LogP contribution in [0.5, 0.6) is 0 Å². The van der Waals surface area contributed by atoms with E-state index in [4.69, 9.17) is 10.8 Å². The van der Waals surface area contributed by atoms with E-state index in [0.717, 1.165) is 22.4 Å². The van der Waals surface area contributed by atoms with Crippen molar-refractivity contribution in [2.75, 3.05) is 6.54 Å². The summed E-state index contributed by atoms with van der Waals surface area (Å²) in [6.07, 6.45) is 2.41. The zero-order chi connectivity index (χ0) is 13.6. The number of aryl methyl sites for hydroxylation is 1. The number of nitrogens with two attached hydrogens (primary N) is 1. The summed E-state index contributed by atoms with van der Waals surface area (Å²) in [7, 11) is 0. The molecule has 3 rings (SSSR count). The average Bonchev–Trinajstić information content (AvgIpc) is 3.12. The van der Waals surface area contributed by atoms with Crippen LogP contribution in [0.15, 0.2) is 18.2 Å². The van der Waals surface area contributed by atoms with Crippen LogP contribution < -0.4 is 5.73 Å². The Bertz CT molecular complexity index is 643. The van der Waals surface area contributed by atoms with Crippen LogP contribution in [0.2, 0.25) is 0 Å². The van der Waals surface area contributed by atoms with E-state index in [-0.39, 0.29) is 6.54 Å². The minimum atomic E-state index is -0.889. The summed E-state index contributed by atoms with van der Waals surface area (Å²) >= 11 is 0. The Morgan fingerprint density at radius 2 is 2.32 bits per heavy atom. The van der Waals surface area contributed by atoms with Crippen molar-refractivity contribution in [1.29, 1.82) is 0 Å². The van der Waals surface area contributed by atoms with Gasteiger partial charge >= 0.3 is 5.97 Å². The Morgan fingerprint density at radius 1 is 1.58 bits per heavy atom. The molecule has 1 atom stereocenters. The smallest absolute Gasteiger partial charge is 0.312 e. The molecule has 19 heavy (non-hydrogen) atoms. The minimum Gasteiger partial charge on any atom is -0.481 e. The molecule has 1 aromatic carbocycles. The van der Waals surface area contributed by atoms with Crippen molar-refractivity contribution in [3.05, 3.63) is 29.6 Å². The van der Waals surface area contributed by atoms with E-state index in [1.807, 2.05) is 25.1 Å². The molecule has 0 amide bonds. The van der Waals surface area contributed by atoms with Gasteiger partial charge in [0.15, 0.2) is 0 Å². The molecular weight excluding hydrogens is 242 g/mol.